The van der Waals surface area contributed by atoms with Gasteiger partial charge in [0.25, 0.3) is 0 Å². The fraction of sp³-hybridized carbons (Fsp3) is 0.929. The maximum atomic E-state index is 11.8. The SMILES string of the molecule is CCOC(=O)[C@@H]1O[C@]12C[C@H]1C[C@H]2[C@H]2CCC[C@H]12. The van der Waals surface area contributed by atoms with Crippen LogP contribution >= 0.6 is 0 Å². The minimum absolute atomic E-state index is 0.0809. The highest BCUT2D eigenvalue weighted by molar-refractivity contribution is 5.79. The molecule has 0 aromatic carbocycles. The highest BCUT2D eigenvalue weighted by atomic mass is 16.7. The normalized spacial score (nSPS) is 54.1. The van der Waals surface area contributed by atoms with E-state index in [0.717, 1.165) is 24.2 Å². The molecule has 3 saturated carbocycles. The monoisotopic (exact) mass is 236 g/mol. The van der Waals surface area contributed by atoms with Crippen LogP contribution in [0.1, 0.15) is 39.0 Å². The van der Waals surface area contributed by atoms with Crippen molar-refractivity contribution in [3.63, 3.8) is 0 Å². The van der Waals surface area contributed by atoms with Crippen molar-refractivity contribution in [3.05, 3.63) is 0 Å². The summed E-state index contributed by atoms with van der Waals surface area (Å²) in [5, 5.41) is 0. The zero-order valence-corrected chi connectivity index (χ0v) is 10.4. The van der Waals surface area contributed by atoms with Crippen LogP contribution in [0, 0.1) is 23.7 Å². The molecular formula is C14H20O3. The third-order valence-electron chi connectivity index (χ3n) is 5.74. The topological polar surface area (TPSA) is 38.8 Å². The molecule has 0 radical (unpaired) electrons. The predicted octanol–water partition coefficient (Wildman–Crippen LogP) is 2.14. The maximum absolute atomic E-state index is 11.8. The molecule has 17 heavy (non-hydrogen) atoms. The minimum Gasteiger partial charge on any atom is -0.464 e. The van der Waals surface area contributed by atoms with E-state index in [9.17, 15) is 4.79 Å². The number of hydrogen-bond donors (Lipinski definition) is 0. The lowest BCUT2D eigenvalue weighted by Gasteiger charge is -2.29. The highest BCUT2D eigenvalue weighted by Gasteiger charge is 2.74. The Bertz CT molecular complexity index is 366. The Kier molecular flexibility index (Phi) is 1.98. The van der Waals surface area contributed by atoms with Crippen molar-refractivity contribution in [2.75, 3.05) is 6.61 Å². The molecule has 1 heterocycles. The molecule has 94 valence electrons. The first-order valence-electron chi connectivity index (χ1n) is 7.10. The molecule has 1 saturated heterocycles. The Hall–Kier alpha value is -0.570. The van der Waals surface area contributed by atoms with Gasteiger partial charge in [-0.1, -0.05) is 6.42 Å². The smallest absolute Gasteiger partial charge is 0.338 e. The Morgan fingerprint density at radius 3 is 3.06 bits per heavy atom. The fourth-order valence-electron chi connectivity index (χ4n) is 5.22. The van der Waals surface area contributed by atoms with Gasteiger partial charge in [-0.25, -0.2) is 4.79 Å². The second-order valence-electron chi connectivity index (χ2n) is 6.27. The number of carbonyl (C=O) groups excluding carboxylic acids is 1. The molecule has 2 bridgehead atoms. The summed E-state index contributed by atoms with van der Waals surface area (Å²) < 4.78 is 11.0. The number of fused-ring (bicyclic) bond motifs is 6. The summed E-state index contributed by atoms with van der Waals surface area (Å²) in [6, 6.07) is 0. The molecule has 6 atom stereocenters. The van der Waals surface area contributed by atoms with Crippen molar-refractivity contribution in [2.24, 2.45) is 23.7 Å². The maximum Gasteiger partial charge on any atom is 0.338 e. The van der Waals surface area contributed by atoms with Crippen LogP contribution in [0.25, 0.3) is 0 Å². The summed E-state index contributed by atoms with van der Waals surface area (Å²) in [5.74, 6) is 3.20. The average Bonchev–Trinajstić information content (AvgIpc) is 2.69. The van der Waals surface area contributed by atoms with Crippen molar-refractivity contribution in [1.29, 1.82) is 0 Å². The van der Waals surface area contributed by atoms with Crippen molar-refractivity contribution in [1.82, 2.24) is 0 Å². The van der Waals surface area contributed by atoms with Crippen LogP contribution in [0.2, 0.25) is 0 Å². The number of ether oxygens (including phenoxy) is 2. The molecule has 3 nitrogen and oxygen atoms in total. The zero-order valence-electron chi connectivity index (χ0n) is 10.4. The summed E-state index contributed by atoms with van der Waals surface area (Å²) in [7, 11) is 0. The summed E-state index contributed by atoms with van der Waals surface area (Å²) in [6.45, 7) is 2.33. The van der Waals surface area contributed by atoms with Gasteiger partial charge in [0.2, 0.25) is 0 Å². The first-order valence-corrected chi connectivity index (χ1v) is 7.10. The Morgan fingerprint density at radius 1 is 1.41 bits per heavy atom. The lowest BCUT2D eigenvalue weighted by Crippen LogP contribution is -2.35. The van der Waals surface area contributed by atoms with E-state index in [2.05, 4.69) is 0 Å². The van der Waals surface area contributed by atoms with Gasteiger partial charge in [0.05, 0.1) is 6.61 Å². The number of hydrogen-bond acceptors (Lipinski definition) is 3. The zero-order chi connectivity index (χ0) is 11.6. The first-order chi connectivity index (χ1) is 8.26. The molecule has 4 aliphatic rings. The summed E-state index contributed by atoms with van der Waals surface area (Å²) >= 11 is 0. The molecule has 0 unspecified atom stereocenters. The van der Waals surface area contributed by atoms with Gasteiger partial charge in [0, 0.05) is 0 Å². The summed E-state index contributed by atoms with van der Waals surface area (Å²) in [6.07, 6.45) is 6.40. The van der Waals surface area contributed by atoms with Crippen LogP contribution in [0.3, 0.4) is 0 Å². The second-order valence-corrected chi connectivity index (χ2v) is 6.27. The van der Waals surface area contributed by atoms with E-state index in [0.29, 0.717) is 12.5 Å². The van der Waals surface area contributed by atoms with Gasteiger partial charge in [-0.3, -0.25) is 0 Å². The largest absolute Gasteiger partial charge is 0.464 e. The van der Waals surface area contributed by atoms with Gasteiger partial charge in [-0.05, 0) is 56.3 Å². The van der Waals surface area contributed by atoms with E-state index in [4.69, 9.17) is 9.47 Å². The summed E-state index contributed by atoms with van der Waals surface area (Å²) in [5.41, 5.74) is -0.0809. The van der Waals surface area contributed by atoms with E-state index < -0.39 is 0 Å². The molecule has 1 aliphatic heterocycles. The molecule has 4 fully saturated rings. The minimum atomic E-state index is -0.223. The number of carbonyl (C=O) groups is 1. The van der Waals surface area contributed by atoms with Gasteiger partial charge in [0.1, 0.15) is 5.60 Å². The molecule has 0 aromatic rings. The van der Waals surface area contributed by atoms with E-state index in [1.165, 1.54) is 25.7 Å². The lowest BCUT2D eigenvalue weighted by atomic mass is 9.74. The molecule has 3 heteroatoms. The van der Waals surface area contributed by atoms with Crippen LogP contribution in [0.15, 0.2) is 0 Å². The summed E-state index contributed by atoms with van der Waals surface area (Å²) in [4.78, 5) is 11.8. The van der Waals surface area contributed by atoms with Crippen molar-refractivity contribution in [2.45, 2.75) is 50.7 Å². The molecule has 3 aliphatic carbocycles. The predicted molar refractivity (Wildman–Crippen MR) is 61.3 cm³/mol. The third-order valence-corrected chi connectivity index (χ3v) is 5.74. The molecular weight excluding hydrogens is 216 g/mol. The Balaban J connectivity index is 1.54. The van der Waals surface area contributed by atoms with E-state index in [1.54, 1.807) is 0 Å². The van der Waals surface area contributed by atoms with Gasteiger partial charge < -0.3 is 9.47 Å². The van der Waals surface area contributed by atoms with Crippen LogP contribution < -0.4 is 0 Å². The van der Waals surface area contributed by atoms with Gasteiger partial charge in [-0.15, -0.1) is 0 Å². The number of rotatable bonds is 2. The van der Waals surface area contributed by atoms with E-state index >= 15 is 0 Å². The quantitative estimate of drug-likeness (QED) is 0.544. The molecule has 0 N–H and O–H groups in total. The van der Waals surface area contributed by atoms with Crippen molar-refractivity contribution >= 4 is 5.97 Å². The number of esters is 1. The van der Waals surface area contributed by atoms with Gasteiger partial charge in [0.15, 0.2) is 6.10 Å². The van der Waals surface area contributed by atoms with Gasteiger partial charge in [-0.2, -0.15) is 0 Å². The van der Waals surface area contributed by atoms with Crippen LogP contribution in [0.5, 0.6) is 0 Å². The fourth-order valence-corrected chi connectivity index (χ4v) is 5.22. The standard InChI is InChI=1S/C14H20O3/c1-2-16-13(15)12-14(17-12)7-8-6-11(14)10-5-3-4-9(8)10/h8-12H,2-7H2,1H3/t8-,9-,10+,11+,12+,14+/m1/s1. The first kappa shape index (κ1) is 10.4. The van der Waals surface area contributed by atoms with Crippen molar-refractivity contribution < 1.29 is 14.3 Å². The Labute approximate surface area is 102 Å². The second kappa shape index (κ2) is 3.25. The van der Waals surface area contributed by atoms with E-state index in [-0.39, 0.29) is 17.7 Å². The molecule has 4 rings (SSSR count). The van der Waals surface area contributed by atoms with E-state index in [1.807, 2.05) is 6.92 Å². The van der Waals surface area contributed by atoms with Crippen LogP contribution in [0.4, 0.5) is 0 Å². The van der Waals surface area contributed by atoms with Gasteiger partial charge >= 0.3 is 5.97 Å². The average molecular weight is 236 g/mol. The third kappa shape index (κ3) is 1.19. The lowest BCUT2D eigenvalue weighted by molar-refractivity contribution is -0.144. The molecule has 1 spiro atoms. The Morgan fingerprint density at radius 2 is 2.24 bits per heavy atom. The van der Waals surface area contributed by atoms with Crippen molar-refractivity contribution in [3.8, 4) is 0 Å². The number of epoxide rings is 1. The van der Waals surface area contributed by atoms with Crippen LogP contribution in [-0.2, 0) is 14.3 Å². The molecule has 0 aromatic heterocycles. The van der Waals surface area contributed by atoms with Crippen LogP contribution in [-0.4, -0.2) is 24.3 Å². The molecule has 0 amide bonds. The highest BCUT2D eigenvalue weighted by Crippen LogP contribution is 2.69.